The standard InChI is InChI=1S/C22H22N6O3S/c1-12-9-13(2)18(14(3)10-12)23-17(29)11-32-22-26-25-21-24-20(30)19(27-28(21)22)15-5-7-16(31-4)8-6-15/h5-10H,11H2,1-4H3,(H,23,29)(H,24,25,30). The Hall–Kier alpha value is -3.66. The summed E-state index contributed by atoms with van der Waals surface area (Å²) < 4.78 is 6.59. The normalized spacial score (nSPS) is 11.0. The number of rotatable bonds is 6. The zero-order chi connectivity index (χ0) is 22.8. The van der Waals surface area contributed by atoms with Crippen molar-refractivity contribution in [3.63, 3.8) is 0 Å². The molecule has 0 aliphatic rings. The second-order valence-corrected chi connectivity index (χ2v) is 8.30. The minimum absolute atomic E-state index is 0.117. The third-order valence-corrected chi connectivity index (χ3v) is 5.81. The van der Waals surface area contributed by atoms with Crippen LogP contribution in [0.15, 0.2) is 46.3 Å². The van der Waals surface area contributed by atoms with Crippen LogP contribution in [-0.2, 0) is 4.79 Å². The first kappa shape index (κ1) is 21.6. The van der Waals surface area contributed by atoms with E-state index in [1.54, 1.807) is 31.4 Å². The first-order chi connectivity index (χ1) is 15.4. The van der Waals surface area contributed by atoms with Crippen molar-refractivity contribution < 1.29 is 9.53 Å². The van der Waals surface area contributed by atoms with E-state index in [1.165, 1.54) is 16.3 Å². The quantitative estimate of drug-likeness (QED) is 0.434. The van der Waals surface area contributed by atoms with Crippen molar-refractivity contribution >= 4 is 29.1 Å². The van der Waals surface area contributed by atoms with E-state index in [2.05, 4.69) is 25.6 Å². The van der Waals surface area contributed by atoms with Gasteiger partial charge in [0, 0.05) is 11.3 Å². The molecule has 10 heteroatoms. The molecule has 0 radical (unpaired) electrons. The number of methoxy groups -OCH3 is 1. The van der Waals surface area contributed by atoms with Gasteiger partial charge in [0.1, 0.15) is 5.75 Å². The van der Waals surface area contributed by atoms with Gasteiger partial charge in [0.25, 0.3) is 11.3 Å². The summed E-state index contributed by atoms with van der Waals surface area (Å²) in [5, 5.41) is 15.8. The number of aromatic amines is 1. The van der Waals surface area contributed by atoms with E-state index in [0.29, 0.717) is 16.5 Å². The van der Waals surface area contributed by atoms with Gasteiger partial charge >= 0.3 is 0 Å². The number of ether oxygens (including phenoxy) is 1. The molecule has 0 atom stereocenters. The summed E-state index contributed by atoms with van der Waals surface area (Å²) in [4.78, 5) is 27.7. The molecule has 4 aromatic rings. The number of nitrogens with zero attached hydrogens (tertiary/aromatic N) is 4. The largest absolute Gasteiger partial charge is 0.497 e. The monoisotopic (exact) mass is 450 g/mol. The number of carbonyl (C=O) groups excluding carboxylic acids is 1. The van der Waals surface area contributed by atoms with E-state index in [9.17, 15) is 9.59 Å². The lowest BCUT2D eigenvalue weighted by atomic mass is 10.1. The molecule has 1 amide bonds. The highest BCUT2D eigenvalue weighted by Crippen LogP contribution is 2.23. The van der Waals surface area contributed by atoms with E-state index in [1.807, 2.05) is 32.9 Å². The van der Waals surface area contributed by atoms with Gasteiger partial charge in [-0.05, 0) is 56.2 Å². The lowest BCUT2D eigenvalue weighted by molar-refractivity contribution is -0.113. The molecule has 164 valence electrons. The summed E-state index contributed by atoms with van der Waals surface area (Å²) in [5.41, 5.74) is 4.45. The minimum atomic E-state index is -0.380. The number of aryl methyl sites for hydroxylation is 3. The second-order valence-electron chi connectivity index (χ2n) is 7.36. The maximum absolute atomic E-state index is 12.6. The summed E-state index contributed by atoms with van der Waals surface area (Å²) in [7, 11) is 1.57. The van der Waals surface area contributed by atoms with Gasteiger partial charge in [-0.2, -0.15) is 9.61 Å². The predicted octanol–water partition coefficient (Wildman–Crippen LogP) is 3.14. The van der Waals surface area contributed by atoms with E-state index in [-0.39, 0.29) is 28.7 Å². The molecule has 0 aliphatic heterocycles. The van der Waals surface area contributed by atoms with Gasteiger partial charge in [0.15, 0.2) is 5.69 Å². The molecule has 0 spiro atoms. The fraction of sp³-hybridized carbons (Fsp3) is 0.227. The van der Waals surface area contributed by atoms with Crippen LogP contribution in [0.3, 0.4) is 0 Å². The molecule has 0 saturated heterocycles. The van der Waals surface area contributed by atoms with Gasteiger partial charge in [-0.3, -0.25) is 14.6 Å². The van der Waals surface area contributed by atoms with Gasteiger partial charge in [-0.15, -0.1) is 10.2 Å². The Balaban J connectivity index is 1.55. The van der Waals surface area contributed by atoms with Crippen LogP contribution in [0.5, 0.6) is 5.75 Å². The molecule has 2 aromatic carbocycles. The minimum Gasteiger partial charge on any atom is -0.497 e. The molecule has 2 N–H and O–H groups in total. The SMILES string of the molecule is COc1ccc(-c2nn3c(SCC(=O)Nc4c(C)cc(C)cc4C)nnc3[nH]c2=O)cc1. The molecule has 0 bridgehead atoms. The molecule has 4 rings (SSSR count). The Labute approximate surface area is 188 Å². The van der Waals surface area contributed by atoms with Crippen LogP contribution in [0.25, 0.3) is 17.0 Å². The number of anilines is 1. The topological polar surface area (TPSA) is 114 Å². The average molecular weight is 451 g/mol. The first-order valence-electron chi connectivity index (χ1n) is 9.86. The highest BCUT2D eigenvalue weighted by atomic mass is 32.2. The summed E-state index contributed by atoms with van der Waals surface area (Å²) >= 11 is 1.19. The smallest absolute Gasteiger partial charge is 0.279 e. The van der Waals surface area contributed by atoms with Crippen molar-refractivity contribution in [2.24, 2.45) is 0 Å². The number of thioether (sulfide) groups is 1. The first-order valence-corrected chi connectivity index (χ1v) is 10.8. The Morgan fingerprint density at radius 3 is 2.47 bits per heavy atom. The maximum Gasteiger partial charge on any atom is 0.279 e. The van der Waals surface area contributed by atoms with Crippen LogP contribution in [-0.4, -0.2) is 43.6 Å². The molecule has 2 aromatic heterocycles. The Morgan fingerprint density at radius 2 is 1.81 bits per heavy atom. The zero-order valence-corrected chi connectivity index (χ0v) is 18.9. The van der Waals surface area contributed by atoms with Gasteiger partial charge in [0.05, 0.1) is 12.9 Å². The van der Waals surface area contributed by atoms with Crippen molar-refractivity contribution in [1.82, 2.24) is 24.8 Å². The van der Waals surface area contributed by atoms with Crippen LogP contribution in [0.2, 0.25) is 0 Å². The van der Waals surface area contributed by atoms with Crippen molar-refractivity contribution in [1.29, 1.82) is 0 Å². The number of aromatic nitrogens is 5. The fourth-order valence-corrected chi connectivity index (χ4v) is 4.13. The third-order valence-electron chi connectivity index (χ3n) is 4.89. The number of hydrogen-bond donors (Lipinski definition) is 2. The van der Waals surface area contributed by atoms with Crippen molar-refractivity contribution in [3.8, 4) is 17.0 Å². The summed E-state index contributed by atoms with van der Waals surface area (Å²) in [6.07, 6.45) is 0. The van der Waals surface area contributed by atoms with Crippen LogP contribution in [0.1, 0.15) is 16.7 Å². The van der Waals surface area contributed by atoms with E-state index < -0.39 is 0 Å². The number of benzene rings is 2. The van der Waals surface area contributed by atoms with Crippen LogP contribution in [0.4, 0.5) is 5.69 Å². The lowest BCUT2D eigenvalue weighted by Gasteiger charge is -2.12. The molecular formula is C22H22N6O3S. The van der Waals surface area contributed by atoms with Crippen molar-refractivity contribution in [2.75, 3.05) is 18.2 Å². The summed E-state index contributed by atoms with van der Waals surface area (Å²) in [6, 6.07) is 11.1. The zero-order valence-electron chi connectivity index (χ0n) is 18.1. The molecule has 0 unspecified atom stereocenters. The lowest BCUT2D eigenvalue weighted by Crippen LogP contribution is -2.17. The molecule has 9 nitrogen and oxygen atoms in total. The highest BCUT2D eigenvalue weighted by Gasteiger charge is 2.15. The van der Waals surface area contributed by atoms with E-state index in [0.717, 1.165) is 22.4 Å². The highest BCUT2D eigenvalue weighted by molar-refractivity contribution is 7.99. The number of nitrogens with one attached hydrogen (secondary N) is 2. The maximum atomic E-state index is 12.6. The molecule has 32 heavy (non-hydrogen) atoms. The van der Waals surface area contributed by atoms with Gasteiger partial charge in [-0.25, -0.2) is 0 Å². The number of amides is 1. The molecule has 2 heterocycles. The summed E-state index contributed by atoms with van der Waals surface area (Å²) in [5.74, 6) is 0.838. The molecule has 0 aliphatic carbocycles. The molecule has 0 fully saturated rings. The Morgan fingerprint density at radius 1 is 1.12 bits per heavy atom. The van der Waals surface area contributed by atoms with Crippen molar-refractivity contribution in [2.45, 2.75) is 25.9 Å². The van der Waals surface area contributed by atoms with Gasteiger partial charge in [0.2, 0.25) is 11.1 Å². The Kier molecular flexibility index (Phi) is 5.95. The Bertz CT molecular complexity index is 1340. The number of carbonyl (C=O) groups is 1. The number of H-pyrrole nitrogens is 1. The van der Waals surface area contributed by atoms with Crippen LogP contribution >= 0.6 is 11.8 Å². The third kappa shape index (κ3) is 4.35. The number of fused-ring (bicyclic) bond motifs is 1. The van der Waals surface area contributed by atoms with E-state index >= 15 is 0 Å². The van der Waals surface area contributed by atoms with Crippen molar-refractivity contribution in [3.05, 3.63) is 63.4 Å². The van der Waals surface area contributed by atoms with Crippen LogP contribution in [0, 0.1) is 20.8 Å². The average Bonchev–Trinajstić information content (AvgIpc) is 3.16. The summed E-state index contributed by atoms with van der Waals surface area (Å²) in [6.45, 7) is 5.96. The second kappa shape index (κ2) is 8.83. The molecular weight excluding hydrogens is 428 g/mol. The molecule has 0 saturated carbocycles. The van der Waals surface area contributed by atoms with Gasteiger partial charge < -0.3 is 10.1 Å². The van der Waals surface area contributed by atoms with Crippen LogP contribution < -0.4 is 15.6 Å². The fourth-order valence-electron chi connectivity index (χ4n) is 3.45. The predicted molar refractivity (Wildman–Crippen MR) is 123 cm³/mol. The van der Waals surface area contributed by atoms with Gasteiger partial charge in [-0.1, -0.05) is 29.5 Å². The van der Waals surface area contributed by atoms with E-state index in [4.69, 9.17) is 4.74 Å². The number of hydrogen-bond acceptors (Lipinski definition) is 7.